The van der Waals surface area contributed by atoms with Gasteiger partial charge in [-0.05, 0) is 46.0 Å². The molecule has 0 aromatic heterocycles. The number of hydrogen-bond donors (Lipinski definition) is 1. The Morgan fingerprint density at radius 2 is 1.95 bits per heavy atom. The van der Waals surface area contributed by atoms with Crippen LogP contribution in [0.15, 0.2) is 0 Å². The van der Waals surface area contributed by atoms with E-state index in [4.69, 9.17) is 4.74 Å². The van der Waals surface area contributed by atoms with Crippen molar-refractivity contribution < 1.29 is 19.4 Å². The molecule has 1 amide bonds. The maximum absolute atomic E-state index is 12.1. The quantitative estimate of drug-likeness (QED) is 0.862. The molecule has 3 rings (SSSR count). The minimum absolute atomic E-state index is 0.107. The number of hydrogen-bond acceptors (Lipinski definition) is 4. The van der Waals surface area contributed by atoms with Crippen LogP contribution in [0.3, 0.4) is 0 Å². The molecule has 2 bridgehead atoms. The van der Waals surface area contributed by atoms with Crippen LogP contribution in [0.5, 0.6) is 0 Å². The number of nitrogens with zero attached hydrogens (tertiary/aromatic N) is 2. The fraction of sp³-hybridized carbons (Fsp3) is 0.875. The first kappa shape index (κ1) is 15.6. The van der Waals surface area contributed by atoms with Crippen molar-refractivity contribution in [3.63, 3.8) is 0 Å². The molecule has 3 aliphatic rings. The molecule has 2 heterocycles. The summed E-state index contributed by atoms with van der Waals surface area (Å²) in [5.74, 6) is -0.0714. The molecule has 2 aliphatic heterocycles. The molecule has 124 valence electrons. The van der Waals surface area contributed by atoms with E-state index in [0.29, 0.717) is 25.0 Å². The summed E-state index contributed by atoms with van der Waals surface area (Å²) in [7, 11) is 0. The third-order valence-corrected chi connectivity index (χ3v) is 5.12. The average Bonchev–Trinajstić information content (AvgIpc) is 2.92. The van der Waals surface area contributed by atoms with Crippen molar-refractivity contribution in [2.24, 2.45) is 5.92 Å². The molecule has 2 unspecified atom stereocenters. The van der Waals surface area contributed by atoms with E-state index >= 15 is 0 Å². The molecule has 0 aromatic rings. The van der Waals surface area contributed by atoms with Crippen LogP contribution in [0.1, 0.15) is 46.5 Å². The van der Waals surface area contributed by atoms with Crippen LogP contribution in [-0.4, -0.2) is 63.8 Å². The lowest BCUT2D eigenvalue weighted by Gasteiger charge is -2.56. The van der Waals surface area contributed by atoms with Crippen molar-refractivity contribution in [2.45, 2.75) is 63.6 Å². The maximum atomic E-state index is 12.1. The van der Waals surface area contributed by atoms with Gasteiger partial charge >= 0.3 is 12.1 Å². The molecule has 1 aliphatic carbocycles. The van der Waals surface area contributed by atoms with E-state index < -0.39 is 11.6 Å². The fourth-order valence-electron chi connectivity index (χ4n) is 4.30. The predicted octanol–water partition coefficient (Wildman–Crippen LogP) is 1.93. The van der Waals surface area contributed by atoms with Gasteiger partial charge in [0.25, 0.3) is 0 Å². The van der Waals surface area contributed by atoms with Gasteiger partial charge in [0.1, 0.15) is 5.60 Å². The SMILES string of the molecule is CC(C)(C)OC(=O)N1CC(CC(=O)O)(N2CC3CCC2C3)C1. The van der Waals surface area contributed by atoms with Crippen molar-refractivity contribution in [1.29, 1.82) is 0 Å². The van der Waals surface area contributed by atoms with Crippen LogP contribution in [0, 0.1) is 5.92 Å². The molecule has 1 saturated carbocycles. The van der Waals surface area contributed by atoms with Gasteiger partial charge in [-0.1, -0.05) is 0 Å². The molecule has 0 aromatic carbocycles. The fourth-order valence-corrected chi connectivity index (χ4v) is 4.30. The van der Waals surface area contributed by atoms with E-state index in [2.05, 4.69) is 4.90 Å². The number of likely N-dealkylation sites (tertiary alicyclic amines) is 2. The van der Waals surface area contributed by atoms with Gasteiger partial charge in [-0.2, -0.15) is 0 Å². The highest BCUT2D eigenvalue weighted by Crippen LogP contribution is 2.45. The smallest absolute Gasteiger partial charge is 0.410 e. The van der Waals surface area contributed by atoms with Crippen LogP contribution < -0.4 is 0 Å². The van der Waals surface area contributed by atoms with Gasteiger partial charge in [0.05, 0.1) is 12.0 Å². The third-order valence-electron chi connectivity index (χ3n) is 5.12. The Hall–Kier alpha value is -1.30. The van der Waals surface area contributed by atoms with Crippen LogP contribution in [0.2, 0.25) is 0 Å². The summed E-state index contributed by atoms with van der Waals surface area (Å²) < 4.78 is 5.39. The van der Waals surface area contributed by atoms with Gasteiger partial charge in [-0.3, -0.25) is 9.69 Å². The Kier molecular flexibility index (Phi) is 3.62. The molecule has 2 saturated heterocycles. The highest BCUT2D eigenvalue weighted by atomic mass is 16.6. The summed E-state index contributed by atoms with van der Waals surface area (Å²) in [6.07, 6.45) is 3.39. The number of carbonyl (C=O) groups excluding carboxylic acids is 1. The van der Waals surface area contributed by atoms with Gasteiger partial charge in [-0.25, -0.2) is 4.79 Å². The first-order valence-corrected chi connectivity index (χ1v) is 8.15. The molecule has 1 N–H and O–H groups in total. The summed E-state index contributed by atoms with van der Waals surface area (Å²) in [6.45, 7) is 7.45. The third kappa shape index (κ3) is 2.81. The van der Waals surface area contributed by atoms with Gasteiger partial charge in [0, 0.05) is 25.7 Å². The zero-order valence-corrected chi connectivity index (χ0v) is 13.7. The zero-order valence-electron chi connectivity index (χ0n) is 13.7. The standard InChI is InChI=1S/C16H26N2O4/c1-15(2,3)22-14(21)17-9-16(10-17,7-13(19)20)18-8-11-4-5-12(18)6-11/h11-12H,4-10H2,1-3H3,(H,19,20). The van der Waals surface area contributed by atoms with Crippen LogP contribution >= 0.6 is 0 Å². The molecule has 22 heavy (non-hydrogen) atoms. The molecular formula is C16H26N2O4. The minimum atomic E-state index is -0.786. The highest BCUT2D eigenvalue weighted by Gasteiger charge is 2.56. The molecule has 0 radical (unpaired) electrons. The topological polar surface area (TPSA) is 70.1 Å². The maximum Gasteiger partial charge on any atom is 0.410 e. The number of aliphatic carboxylic acids is 1. The zero-order chi connectivity index (χ0) is 16.1. The summed E-state index contributed by atoms with van der Waals surface area (Å²) in [4.78, 5) is 27.5. The molecule has 6 nitrogen and oxygen atoms in total. The number of fused-ring (bicyclic) bond motifs is 2. The summed E-state index contributed by atoms with van der Waals surface area (Å²) in [5, 5.41) is 9.29. The lowest BCUT2D eigenvalue weighted by Crippen LogP contribution is -2.73. The number of carboxylic acid groups (broad SMARTS) is 1. The van der Waals surface area contributed by atoms with Crippen molar-refractivity contribution in [2.75, 3.05) is 19.6 Å². The largest absolute Gasteiger partial charge is 0.481 e. The minimum Gasteiger partial charge on any atom is -0.481 e. The Labute approximate surface area is 131 Å². The van der Waals surface area contributed by atoms with E-state index in [0.717, 1.165) is 6.54 Å². The Bertz CT molecular complexity index is 479. The van der Waals surface area contributed by atoms with E-state index in [9.17, 15) is 14.7 Å². The van der Waals surface area contributed by atoms with Crippen molar-refractivity contribution in [1.82, 2.24) is 9.80 Å². The number of piperidine rings is 1. The van der Waals surface area contributed by atoms with Crippen molar-refractivity contribution in [3.05, 3.63) is 0 Å². The summed E-state index contributed by atoms with van der Waals surface area (Å²) in [6, 6.07) is 0.505. The molecule has 0 spiro atoms. The molecule has 3 fully saturated rings. The normalized spacial score (nSPS) is 30.2. The number of ether oxygens (including phenoxy) is 1. The van der Waals surface area contributed by atoms with Gasteiger partial charge in [0.15, 0.2) is 0 Å². The van der Waals surface area contributed by atoms with Crippen LogP contribution in [0.4, 0.5) is 4.79 Å². The first-order chi connectivity index (χ1) is 10.2. The van der Waals surface area contributed by atoms with Gasteiger partial charge in [0.2, 0.25) is 0 Å². The predicted molar refractivity (Wildman–Crippen MR) is 80.6 cm³/mol. The lowest BCUT2D eigenvalue weighted by atomic mass is 9.83. The number of carboxylic acids is 1. The van der Waals surface area contributed by atoms with Gasteiger partial charge in [-0.15, -0.1) is 0 Å². The second-order valence-electron chi connectivity index (χ2n) is 8.12. The Morgan fingerprint density at radius 1 is 1.27 bits per heavy atom. The molecular weight excluding hydrogens is 284 g/mol. The van der Waals surface area contributed by atoms with Crippen LogP contribution in [-0.2, 0) is 9.53 Å². The van der Waals surface area contributed by atoms with Gasteiger partial charge < -0.3 is 14.7 Å². The number of carbonyl (C=O) groups is 2. The number of rotatable bonds is 3. The van der Waals surface area contributed by atoms with E-state index in [1.807, 2.05) is 20.8 Å². The average molecular weight is 310 g/mol. The summed E-state index contributed by atoms with van der Waals surface area (Å²) >= 11 is 0. The summed E-state index contributed by atoms with van der Waals surface area (Å²) in [5.41, 5.74) is -0.905. The van der Waals surface area contributed by atoms with Crippen molar-refractivity contribution in [3.8, 4) is 0 Å². The second-order valence-corrected chi connectivity index (χ2v) is 8.12. The van der Waals surface area contributed by atoms with E-state index in [1.165, 1.54) is 19.3 Å². The highest BCUT2D eigenvalue weighted by molar-refractivity contribution is 5.73. The van der Waals surface area contributed by atoms with E-state index in [-0.39, 0.29) is 18.1 Å². The second kappa shape index (κ2) is 5.11. The van der Waals surface area contributed by atoms with E-state index in [1.54, 1.807) is 4.90 Å². The molecule has 6 heteroatoms. The first-order valence-electron chi connectivity index (χ1n) is 8.15. The van der Waals surface area contributed by atoms with Crippen LogP contribution in [0.25, 0.3) is 0 Å². The van der Waals surface area contributed by atoms with Crippen molar-refractivity contribution >= 4 is 12.1 Å². The Morgan fingerprint density at radius 3 is 2.41 bits per heavy atom. The lowest BCUT2D eigenvalue weighted by molar-refractivity contribution is -0.147. The molecule has 2 atom stereocenters. The number of amides is 1. The monoisotopic (exact) mass is 310 g/mol. The Balaban J connectivity index is 1.67.